The molecule has 2 rings (SSSR count). The third-order valence-corrected chi connectivity index (χ3v) is 5.59. The monoisotopic (exact) mass is 455 g/mol. The van der Waals surface area contributed by atoms with Gasteiger partial charge in [-0.25, -0.2) is 0 Å². The number of ketones is 1. The van der Waals surface area contributed by atoms with Crippen molar-refractivity contribution in [3.8, 4) is 0 Å². The van der Waals surface area contributed by atoms with Gasteiger partial charge in [-0.1, -0.05) is 6.42 Å². The van der Waals surface area contributed by atoms with Gasteiger partial charge >= 0.3 is 0 Å². The van der Waals surface area contributed by atoms with Gasteiger partial charge in [0.25, 0.3) is 5.79 Å². The van der Waals surface area contributed by atoms with Gasteiger partial charge in [0, 0.05) is 6.42 Å². The standard InChI is InChI=1S/C18H33NO12/c19-5-3-1-2-4-10(22)18(28)16(27)14(26)15(9(7-21)31-18)30-17-13(25)12(24)11(23)8(6-20)29-17/h8-9,11-17,20-21,23-28H,1-7,19H2/t8-,9-,11+,12+,13-,14+,15-,16-,17+,18?/m1/s1. The maximum Gasteiger partial charge on any atom is 0.256 e. The molecule has 0 bridgehead atoms. The summed E-state index contributed by atoms with van der Waals surface area (Å²) in [5.41, 5.74) is 5.38. The Hall–Kier alpha value is -0.810. The van der Waals surface area contributed by atoms with Crippen LogP contribution in [0, 0.1) is 0 Å². The van der Waals surface area contributed by atoms with Crippen LogP contribution in [0.4, 0.5) is 0 Å². The van der Waals surface area contributed by atoms with Crippen molar-refractivity contribution in [3.63, 3.8) is 0 Å². The molecule has 0 saturated carbocycles. The van der Waals surface area contributed by atoms with Crippen molar-refractivity contribution >= 4 is 5.78 Å². The van der Waals surface area contributed by atoms with Gasteiger partial charge in [-0.05, 0) is 19.4 Å². The third-order valence-electron chi connectivity index (χ3n) is 5.59. The van der Waals surface area contributed by atoms with E-state index in [1.165, 1.54) is 0 Å². The van der Waals surface area contributed by atoms with Crippen molar-refractivity contribution in [3.05, 3.63) is 0 Å². The maximum atomic E-state index is 12.5. The highest BCUT2D eigenvalue weighted by Gasteiger charge is 2.58. The Bertz CT molecular complexity index is 578. The molecule has 13 heteroatoms. The zero-order valence-electron chi connectivity index (χ0n) is 16.9. The number of nitrogens with two attached hydrogens (primary N) is 1. The van der Waals surface area contributed by atoms with Crippen molar-refractivity contribution in [1.82, 2.24) is 0 Å². The molecule has 0 aromatic rings. The summed E-state index contributed by atoms with van der Waals surface area (Å²) in [5, 5.41) is 80.2. The fourth-order valence-corrected chi connectivity index (χ4v) is 3.66. The van der Waals surface area contributed by atoms with E-state index < -0.39 is 79.9 Å². The van der Waals surface area contributed by atoms with Gasteiger partial charge < -0.3 is 60.8 Å². The van der Waals surface area contributed by atoms with E-state index in [2.05, 4.69) is 0 Å². The summed E-state index contributed by atoms with van der Waals surface area (Å²) >= 11 is 0. The Kier molecular flexibility index (Phi) is 9.69. The van der Waals surface area contributed by atoms with Crippen LogP contribution < -0.4 is 5.73 Å². The first-order chi connectivity index (χ1) is 14.6. The van der Waals surface area contributed by atoms with E-state index in [0.29, 0.717) is 25.8 Å². The largest absolute Gasteiger partial charge is 0.394 e. The molecule has 0 spiro atoms. The molecule has 2 fully saturated rings. The van der Waals surface area contributed by atoms with Crippen molar-refractivity contribution in [2.75, 3.05) is 19.8 Å². The molecule has 2 aliphatic rings. The van der Waals surface area contributed by atoms with Crippen LogP contribution in [-0.4, -0.2) is 127 Å². The summed E-state index contributed by atoms with van der Waals surface area (Å²) in [7, 11) is 0. The van der Waals surface area contributed by atoms with Gasteiger partial charge in [-0.3, -0.25) is 4.79 Å². The Morgan fingerprint density at radius 1 is 0.903 bits per heavy atom. The summed E-state index contributed by atoms with van der Waals surface area (Å²) < 4.78 is 15.8. The highest BCUT2D eigenvalue weighted by Crippen LogP contribution is 2.34. The van der Waals surface area contributed by atoms with E-state index in [0.717, 1.165) is 0 Å². The fourth-order valence-electron chi connectivity index (χ4n) is 3.66. The van der Waals surface area contributed by atoms with Crippen LogP contribution >= 0.6 is 0 Å². The quantitative estimate of drug-likeness (QED) is 0.141. The van der Waals surface area contributed by atoms with E-state index in [9.17, 15) is 45.6 Å². The number of carbonyl (C=O) groups is 1. The van der Waals surface area contributed by atoms with Gasteiger partial charge in [0.05, 0.1) is 13.2 Å². The molecule has 1 unspecified atom stereocenters. The second kappa shape index (κ2) is 11.4. The third kappa shape index (κ3) is 5.58. The highest BCUT2D eigenvalue weighted by molar-refractivity contribution is 5.86. The number of unbranched alkanes of at least 4 members (excludes halogenated alkanes) is 2. The predicted molar refractivity (Wildman–Crippen MR) is 100 cm³/mol. The lowest BCUT2D eigenvalue weighted by Gasteiger charge is -2.48. The van der Waals surface area contributed by atoms with Gasteiger partial charge in [-0.2, -0.15) is 0 Å². The van der Waals surface area contributed by atoms with Crippen molar-refractivity contribution in [2.24, 2.45) is 5.73 Å². The number of rotatable bonds is 10. The van der Waals surface area contributed by atoms with E-state index in [1.54, 1.807) is 0 Å². The van der Waals surface area contributed by atoms with Gasteiger partial charge in [0.1, 0.15) is 48.8 Å². The molecule has 13 nitrogen and oxygen atoms in total. The van der Waals surface area contributed by atoms with Crippen LogP contribution in [0.3, 0.4) is 0 Å². The minimum atomic E-state index is -2.80. The smallest absolute Gasteiger partial charge is 0.256 e. The normalized spacial score (nSPS) is 43.7. The molecule has 0 radical (unpaired) electrons. The number of aliphatic hydroxyl groups is 8. The first kappa shape index (κ1) is 26.4. The molecule has 10 atom stereocenters. The lowest BCUT2D eigenvalue weighted by molar-refractivity contribution is -0.372. The Labute approximate surface area is 178 Å². The summed E-state index contributed by atoms with van der Waals surface area (Å²) in [6.07, 6.45) is -14.0. The maximum absolute atomic E-state index is 12.5. The molecule has 2 heterocycles. The SMILES string of the molecule is NCCCCCC(=O)C1(O)O[C@H](CO)[C@@H](O[C@@H]2O[C@H](CO)[C@H](O)[C@H](O)[C@H]2O)[C@H](O)[C@H]1O. The van der Waals surface area contributed by atoms with Crippen LogP contribution in [0.2, 0.25) is 0 Å². The second-order valence-electron chi connectivity index (χ2n) is 7.79. The van der Waals surface area contributed by atoms with Crippen molar-refractivity contribution < 1.29 is 59.9 Å². The summed E-state index contributed by atoms with van der Waals surface area (Å²) in [5.74, 6) is -3.70. The van der Waals surface area contributed by atoms with E-state index in [-0.39, 0.29) is 6.42 Å². The molecule has 10 N–H and O–H groups in total. The minimum absolute atomic E-state index is 0.170. The highest BCUT2D eigenvalue weighted by atomic mass is 16.7. The summed E-state index contributed by atoms with van der Waals surface area (Å²) in [4.78, 5) is 12.5. The van der Waals surface area contributed by atoms with Crippen LogP contribution in [-0.2, 0) is 19.0 Å². The van der Waals surface area contributed by atoms with Crippen molar-refractivity contribution in [1.29, 1.82) is 0 Å². The molecule has 182 valence electrons. The first-order valence-corrected chi connectivity index (χ1v) is 10.2. The molecule has 31 heavy (non-hydrogen) atoms. The zero-order valence-corrected chi connectivity index (χ0v) is 16.9. The average molecular weight is 455 g/mol. The first-order valence-electron chi connectivity index (χ1n) is 10.2. The Morgan fingerprint density at radius 2 is 1.55 bits per heavy atom. The zero-order chi connectivity index (χ0) is 23.3. The minimum Gasteiger partial charge on any atom is -0.394 e. The lowest BCUT2D eigenvalue weighted by atomic mass is 9.88. The summed E-state index contributed by atoms with van der Waals surface area (Å²) in [6, 6.07) is 0. The molecule has 0 amide bonds. The van der Waals surface area contributed by atoms with Gasteiger partial charge in [0.2, 0.25) is 0 Å². The number of Topliss-reactive ketones (excluding diaryl/α,β-unsaturated/α-hetero) is 1. The van der Waals surface area contributed by atoms with Gasteiger partial charge in [-0.15, -0.1) is 0 Å². The fraction of sp³-hybridized carbons (Fsp3) is 0.944. The van der Waals surface area contributed by atoms with E-state index >= 15 is 0 Å². The molecule has 2 saturated heterocycles. The molecular formula is C18H33NO12. The van der Waals surface area contributed by atoms with Crippen LogP contribution in [0.1, 0.15) is 25.7 Å². The van der Waals surface area contributed by atoms with E-state index in [1.807, 2.05) is 0 Å². The van der Waals surface area contributed by atoms with Crippen LogP contribution in [0.25, 0.3) is 0 Å². The second-order valence-corrected chi connectivity index (χ2v) is 7.79. The Balaban J connectivity index is 2.12. The predicted octanol–water partition coefficient (Wildman–Crippen LogP) is -4.94. The molecule has 0 aliphatic carbocycles. The average Bonchev–Trinajstić information content (AvgIpc) is 2.76. The van der Waals surface area contributed by atoms with Crippen molar-refractivity contribution in [2.45, 2.75) is 86.6 Å². The Morgan fingerprint density at radius 3 is 2.13 bits per heavy atom. The number of ether oxygens (including phenoxy) is 3. The number of hydrogen-bond acceptors (Lipinski definition) is 13. The number of hydrogen-bond donors (Lipinski definition) is 9. The summed E-state index contributed by atoms with van der Waals surface area (Å²) in [6.45, 7) is -1.15. The van der Waals surface area contributed by atoms with Crippen LogP contribution in [0.5, 0.6) is 0 Å². The van der Waals surface area contributed by atoms with E-state index in [4.69, 9.17) is 19.9 Å². The molecule has 0 aromatic carbocycles. The topological polar surface area (TPSA) is 233 Å². The number of aliphatic hydroxyl groups excluding tert-OH is 7. The molecular weight excluding hydrogens is 422 g/mol. The van der Waals surface area contributed by atoms with Crippen LogP contribution in [0.15, 0.2) is 0 Å². The molecule has 0 aromatic heterocycles. The number of carbonyl (C=O) groups excluding carboxylic acids is 1. The molecule has 2 aliphatic heterocycles. The van der Waals surface area contributed by atoms with Gasteiger partial charge in [0.15, 0.2) is 12.1 Å². The lowest BCUT2D eigenvalue weighted by Crippen LogP contribution is -2.70.